The maximum atomic E-state index is 10.9. The first-order chi connectivity index (χ1) is 8.31. The van der Waals surface area contributed by atoms with E-state index in [-0.39, 0.29) is 10.6 Å². The van der Waals surface area contributed by atoms with Crippen molar-refractivity contribution < 1.29 is 10.0 Å². The van der Waals surface area contributed by atoms with E-state index in [0.717, 1.165) is 5.56 Å². The molecule has 0 fully saturated rings. The second-order valence-corrected chi connectivity index (χ2v) is 5.03. The van der Waals surface area contributed by atoms with Gasteiger partial charge < -0.3 is 10.8 Å². The van der Waals surface area contributed by atoms with Gasteiger partial charge in [0.2, 0.25) is 0 Å². The van der Waals surface area contributed by atoms with Crippen molar-refractivity contribution in [2.75, 3.05) is 6.54 Å². The normalized spacial score (nSPS) is 16.1. The number of nitro groups is 1. The van der Waals surface area contributed by atoms with Crippen LogP contribution >= 0.6 is 0 Å². The van der Waals surface area contributed by atoms with Crippen LogP contribution in [0.4, 0.5) is 5.69 Å². The fourth-order valence-electron chi connectivity index (χ4n) is 1.88. The lowest BCUT2D eigenvalue weighted by Crippen LogP contribution is -2.39. The average molecular weight is 252 g/mol. The van der Waals surface area contributed by atoms with Gasteiger partial charge in [0, 0.05) is 23.6 Å². The number of nitrogens with zero attached hydrogens (tertiary/aromatic N) is 1. The summed E-state index contributed by atoms with van der Waals surface area (Å²) >= 11 is 0. The van der Waals surface area contributed by atoms with Crippen LogP contribution in [0.1, 0.15) is 25.0 Å². The van der Waals surface area contributed by atoms with Gasteiger partial charge in [-0.1, -0.05) is 19.1 Å². The molecule has 1 aromatic carbocycles. The van der Waals surface area contributed by atoms with E-state index in [1.165, 1.54) is 6.07 Å². The van der Waals surface area contributed by atoms with E-state index in [9.17, 15) is 15.2 Å². The molecule has 1 aromatic rings. The Morgan fingerprint density at radius 3 is 2.61 bits per heavy atom. The second kappa shape index (κ2) is 5.46. The van der Waals surface area contributed by atoms with Gasteiger partial charge in [-0.3, -0.25) is 10.1 Å². The summed E-state index contributed by atoms with van der Waals surface area (Å²) in [5, 5.41) is 20.7. The Hall–Kier alpha value is -1.46. The highest BCUT2D eigenvalue weighted by Crippen LogP contribution is 2.30. The zero-order chi connectivity index (χ0) is 13.9. The van der Waals surface area contributed by atoms with Crippen LogP contribution < -0.4 is 5.73 Å². The molecule has 0 aliphatic carbocycles. The summed E-state index contributed by atoms with van der Waals surface area (Å²) in [7, 11) is 0. The molecule has 0 aliphatic rings. The monoisotopic (exact) mass is 252 g/mol. The van der Waals surface area contributed by atoms with Gasteiger partial charge in [-0.05, 0) is 25.8 Å². The molecule has 2 unspecified atom stereocenters. The second-order valence-electron chi connectivity index (χ2n) is 5.03. The third kappa shape index (κ3) is 2.86. The number of nitro benzene ring substituents is 1. The van der Waals surface area contributed by atoms with E-state index in [2.05, 4.69) is 0 Å². The molecule has 100 valence electrons. The van der Waals surface area contributed by atoms with Gasteiger partial charge in [-0.25, -0.2) is 0 Å². The van der Waals surface area contributed by atoms with Crippen molar-refractivity contribution in [3.05, 3.63) is 39.4 Å². The highest BCUT2D eigenvalue weighted by molar-refractivity contribution is 5.44. The first-order valence-corrected chi connectivity index (χ1v) is 5.93. The highest BCUT2D eigenvalue weighted by Gasteiger charge is 2.30. The van der Waals surface area contributed by atoms with Gasteiger partial charge in [0.05, 0.1) is 11.0 Å². The molecule has 2 atom stereocenters. The molecule has 0 amide bonds. The van der Waals surface area contributed by atoms with Crippen molar-refractivity contribution in [1.29, 1.82) is 0 Å². The van der Waals surface area contributed by atoms with Crippen LogP contribution in [0.25, 0.3) is 0 Å². The van der Waals surface area contributed by atoms with Crippen LogP contribution in [-0.4, -0.2) is 22.7 Å². The van der Waals surface area contributed by atoms with Crippen molar-refractivity contribution in [2.45, 2.75) is 33.3 Å². The Bertz CT molecular complexity index is 446. The largest absolute Gasteiger partial charge is 0.393 e. The zero-order valence-corrected chi connectivity index (χ0v) is 11.0. The molecular formula is C13H20N2O3. The number of nitrogens with two attached hydrogens (primary N) is 1. The van der Waals surface area contributed by atoms with Crippen LogP contribution in [0, 0.1) is 22.5 Å². The minimum Gasteiger partial charge on any atom is -0.393 e. The molecule has 0 radical (unpaired) electrons. The van der Waals surface area contributed by atoms with Crippen molar-refractivity contribution in [3.8, 4) is 0 Å². The van der Waals surface area contributed by atoms with Gasteiger partial charge in [-0.15, -0.1) is 0 Å². The van der Waals surface area contributed by atoms with Gasteiger partial charge >= 0.3 is 0 Å². The first kappa shape index (κ1) is 14.6. The summed E-state index contributed by atoms with van der Waals surface area (Å²) in [5.41, 5.74) is 6.85. The lowest BCUT2D eigenvalue weighted by Gasteiger charge is -2.31. The van der Waals surface area contributed by atoms with Crippen molar-refractivity contribution in [3.63, 3.8) is 0 Å². The Morgan fingerprint density at radius 1 is 1.56 bits per heavy atom. The first-order valence-electron chi connectivity index (χ1n) is 5.93. The molecule has 0 spiro atoms. The summed E-state index contributed by atoms with van der Waals surface area (Å²) in [5.74, 6) is 0. The molecular weight excluding hydrogens is 232 g/mol. The molecule has 0 bridgehead atoms. The molecule has 5 nitrogen and oxygen atoms in total. The predicted octanol–water partition coefficient (Wildman–Crippen LogP) is 1.79. The average Bonchev–Trinajstić information content (AvgIpc) is 2.31. The number of hydrogen-bond acceptors (Lipinski definition) is 4. The molecule has 0 heterocycles. The maximum absolute atomic E-state index is 10.9. The summed E-state index contributed by atoms with van der Waals surface area (Å²) in [6.45, 7) is 5.63. The Balaban J connectivity index is 3.12. The predicted molar refractivity (Wildman–Crippen MR) is 70.4 cm³/mol. The number of aliphatic hydroxyl groups is 1. The van der Waals surface area contributed by atoms with Crippen LogP contribution in [-0.2, 0) is 6.42 Å². The van der Waals surface area contributed by atoms with Crippen LogP contribution in [0.3, 0.4) is 0 Å². The van der Waals surface area contributed by atoms with Crippen LogP contribution in [0.2, 0.25) is 0 Å². The Kier molecular flexibility index (Phi) is 4.43. The van der Waals surface area contributed by atoms with Gasteiger partial charge in [0.1, 0.15) is 0 Å². The van der Waals surface area contributed by atoms with E-state index < -0.39 is 11.5 Å². The van der Waals surface area contributed by atoms with E-state index in [4.69, 9.17) is 5.73 Å². The minimum absolute atomic E-state index is 0.109. The molecule has 0 saturated heterocycles. The Morgan fingerprint density at radius 2 is 2.17 bits per heavy atom. The minimum atomic E-state index is -0.568. The number of aliphatic hydroxyl groups excluding tert-OH is 1. The maximum Gasteiger partial charge on any atom is 0.272 e. The molecule has 0 saturated carbocycles. The van der Waals surface area contributed by atoms with E-state index in [1.54, 1.807) is 19.9 Å². The summed E-state index contributed by atoms with van der Waals surface area (Å²) in [6.07, 6.45) is -0.0459. The van der Waals surface area contributed by atoms with Crippen LogP contribution in [0.15, 0.2) is 18.2 Å². The molecule has 1 rings (SSSR count). The van der Waals surface area contributed by atoms with Crippen molar-refractivity contribution in [1.82, 2.24) is 0 Å². The molecule has 5 heteroatoms. The third-order valence-electron chi connectivity index (χ3n) is 3.68. The van der Waals surface area contributed by atoms with E-state index >= 15 is 0 Å². The molecule has 0 aromatic heterocycles. The van der Waals surface area contributed by atoms with Crippen molar-refractivity contribution in [2.24, 2.45) is 11.1 Å². The number of benzene rings is 1. The Labute approximate surface area is 107 Å². The topological polar surface area (TPSA) is 89.4 Å². The van der Waals surface area contributed by atoms with Gasteiger partial charge in [-0.2, -0.15) is 0 Å². The molecule has 0 aliphatic heterocycles. The van der Waals surface area contributed by atoms with Gasteiger partial charge in [0.25, 0.3) is 5.69 Å². The molecule has 18 heavy (non-hydrogen) atoms. The quantitative estimate of drug-likeness (QED) is 0.617. The van der Waals surface area contributed by atoms with E-state index in [0.29, 0.717) is 18.5 Å². The third-order valence-corrected chi connectivity index (χ3v) is 3.68. The van der Waals surface area contributed by atoms with E-state index in [1.807, 2.05) is 13.0 Å². The smallest absolute Gasteiger partial charge is 0.272 e. The fourth-order valence-corrected chi connectivity index (χ4v) is 1.88. The van der Waals surface area contributed by atoms with Gasteiger partial charge in [0.15, 0.2) is 0 Å². The standard InChI is InChI=1S/C13H20N2O3/c1-9-11(5-4-6-12(9)15(17)18)7-13(3,8-14)10(2)16/h4-6,10,16H,7-8,14H2,1-3H3. The summed E-state index contributed by atoms with van der Waals surface area (Å²) < 4.78 is 0. The SMILES string of the molecule is Cc1c(CC(C)(CN)C(C)O)cccc1[N+](=O)[O-]. The van der Waals surface area contributed by atoms with Crippen LogP contribution in [0.5, 0.6) is 0 Å². The number of rotatable bonds is 5. The summed E-state index contributed by atoms with van der Waals surface area (Å²) in [4.78, 5) is 10.5. The fraction of sp³-hybridized carbons (Fsp3) is 0.538. The highest BCUT2D eigenvalue weighted by atomic mass is 16.6. The molecule has 3 N–H and O–H groups in total. The number of hydrogen-bond donors (Lipinski definition) is 2. The lowest BCUT2D eigenvalue weighted by molar-refractivity contribution is -0.385. The summed E-state index contributed by atoms with van der Waals surface area (Å²) in [6, 6.07) is 5.00. The lowest BCUT2D eigenvalue weighted by atomic mass is 9.78. The van der Waals surface area contributed by atoms with Crippen molar-refractivity contribution >= 4 is 5.69 Å². The zero-order valence-electron chi connectivity index (χ0n) is 11.0.